The van der Waals surface area contributed by atoms with Crippen LogP contribution in [0.25, 0.3) is 0 Å². The molecule has 2 atom stereocenters. The average Bonchev–Trinajstić information content (AvgIpc) is 3.42. The molecule has 0 aromatic carbocycles. The molecular weight excluding hydrogens is 420 g/mol. The van der Waals surface area contributed by atoms with Gasteiger partial charge in [-0.2, -0.15) is 0 Å². The van der Waals surface area contributed by atoms with Crippen LogP contribution in [-0.4, -0.2) is 90.9 Å². The van der Waals surface area contributed by atoms with E-state index in [-0.39, 0.29) is 30.3 Å². The minimum atomic E-state index is -1.06. The standard InChI is InChI=1S/C19H28N6O4.CH2O2/c1-14-9-15(23-29-14)17(26)22-16-10-28-19(11-18(16,2)27)3-5-24(6-4-19)7-8-25-12-20-21-13-25;2-1-3/h9,12-13,16,27H,3-8,10-11H2,1-2H3,(H,22,26);1H,(H,2,3)/t16-,18-;/m0./s1. The highest BCUT2D eigenvalue weighted by molar-refractivity contribution is 5.92. The van der Waals surface area contributed by atoms with E-state index < -0.39 is 11.6 Å². The number of nitrogens with one attached hydrogen (secondary N) is 1. The van der Waals surface area contributed by atoms with Gasteiger partial charge in [-0.05, 0) is 26.7 Å². The van der Waals surface area contributed by atoms with Crippen LogP contribution >= 0.6 is 0 Å². The van der Waals surface area contributed by atoms with Crippen molar-refractivity contribution in [3.8, 4) is 0 Å². The van der Waals surface area contributed by atoms with Crippen molar-refractivity contribution in [2.24, 2.45) is 0 Å². The zero-order chi connectivity index (χ0) is 23.2. The van der Waals surface area contributed by atoms with E-state index in [1.165, 1.54) is 0 Å². The maximum atomic E-state index is 12.4. The Labute approximate surface area is 185 Å². The van der Waals surface area contributed by atoms with Gasteiger partial charge in [0.25, 0.3) is 12.4 Å². The Balaban J connectivity index is 0.000000913. The lowest BCUT2D eigenvalue weighted by Crippen LogP contribution is -2.64. The molecule has 0 bridgehead atoms. The van der Waals surface area contributed by atoms with Crippen LogP contribution in [0.3, 0.4) is 0 Å². The summed E-state index contributed by atoms with van der Waals surface area (Å²) in [6, 6.07) is 1.08. The first kappa shape index (κ1) is 23.8. The molecule has 12 heteroatoms. The van der Waals surface area contributed by atoms with Crippen LogP contribution in [0.1, 0.15) is 42.4 Å². The number of aromatic nitrogens is 4. The van der Waals surface area contributed by atoms with Crippen molar-refractivity contribution in [1.82, 2.24) is 30.1 Å². The molecule has 3 N–H and O–H groups in total. The topological polar surface area (TPSA) is 156 Å². The number of amides is 1. The quantitative estimate of drug-likeness (QED) is 0.533. The van der Waals surface area contributed by atoms with Gasteiger partial charge in [-0.25, -0.2) is 0 Å². The maximum Gasteiger partial charge on any atom is 0.290 e. The number of carbonyl (C=O) groups is 2. The molecule has 2 fully saturated rings. The second kappa shape index (κ2) is 10.2. The highest BCUT2D eigenvalue weighted by Crippen LogP contribution is 2.39. The van der Waals surface area contributed by atoms with Crippen LogP contribution in [0.5, 0.6) is 0 Å². The number of carbonyl (C=O) groups excluding carboxylic acids is 1. The van der Waals surface area contributed by atoms with Crippen molar-refractivity contribution in [1.29, 1.82) is 0 Å². The summed E-state index contributed by atoms with van der Waals surface area (Å²) in [7, 11) is 0. The fourth-order valence-corrected chi connectivity index (χ4v) is 4.27. The molecule has 2 aliphatic heterocycles. The van der Waals surface area contributed by atoms with E-state index in [0.29, 0.717) is 12.2 Å². The summed E-state index contributed by atoms with van der Waals surface area (Å²) in [6.45, 7) is 7.13. The summed E-state index contributed by atoms with van der Waals surface area (Å²) in [4.78, 5) is 23.1. The minimum absolute atomic E-state index is 0.208. The third-order valence-electron chi connectivity index (χ3n) is 6.06. The van der Waals surface area contributed by atoms with E-state index in [9.17, 15) is 9.90 Å². The minimum Gasteiger partial charge on any atom is -0.483 e. The van der Waals surface area contributed by atoms with Crippen molar-refractivity contribution in [3.63, 3.8) is 0 Å². The Morgan fingerprint density at radius 1 is 1.31 bits per heavy atom. The molecule has 2 aliphatic rings. The van der Waals surface area contributed by atoms with E-state index in [1.807, 2.05) is 4.57 Å². The van der Waals surface area contributed by atoms with Gasteiger partial charge in [0.2, 0.25) is 0 Å². The van der Waals surface area contributed by atoms with Gasteiger partial charge in [0, 0.05) is 38.7 Å². The van der Waals surface area contributed by atoms with Gasteiger partial charge in [-0.1, -0.05) is 5.16 Å². The number of aryl methyl sites for hydroxylation is 1. The SMILES string of the molecule is Cc1cc(C(=O)N[C@H]2COC3(CCN(CCn4cnnc4)CC3)C[C@]2(C)O)no1.O=CO. The Morgan fingerprint density at radius 3 is 2.53 bits per heavy atom. The summed E-state index contributed by atoms with van der Waals surface area (Å²) in [6.07, 6.45) is 5.65. The lowest BCUT2D eigenvalue weighted by molar-refractivity contribution is -0.186. The van der Waals surface area contributed by atoms with Crippen molar-refractivity contribution in [2.45, 2.75) is 56.9 Å². The predicted molar refractivity (Wildman–Crippen MR) is 111 cm³/mol. The molecular formula is C20H30N6O6. The number of rotatable bonds is 5. The molecule has 2 saturated heterocycles. The average molecular weight is 450 g/mol. The number of piperidine rings is 1. The summed E-state index contributed by atoms with van der Waals surface area (Å²) < 4.78 is 13.1. The van der Waals surface area contributed by atoms with E-state index in [0.717, 1.165) is 39.0 Å². The number of nitrogens with zero attached hydrogens (tertiary/aromatic N) is 5. The zero-order valence-corrected chi connectivity index (χ0v) is 18.3. The highest BCUT2D eigenvalue weighted by atomic mass is 16.5. The molecule has 0 unspecified atom stereocenters. The molecule has 1 spiro atoms. The maximum absolute atomic E-state index is 12.4. The van der Waals surface area contributed by atoms with Crippen LogP contribution in [0.4, 0.5) is 0 Å². The first-order chi connectivity index (χ1) is 15.3. The molecule has 2 aromatic rings. The van der Waals surface area contributed by atoms with Gasteiger partial charge in [0.15, 0.2) is 5.69 Å². The number of hydrogen-bond acceptors (Lipinski definition) is 9. The molecule has 4 rings (SSSR count). The lowest BCUT2D eigenvalue weighted by Gasteiger charge is -2.51. The lowest BCUT2D eigenvalue weighted by atomic mass is 9.75. The summed E-state index contributed by atoms with van der Waals surface area (Å²) in [5, 5.41) is 32.2. The Morgan fingerprint density at radius 2 is 1.97 bits per heavy atom. The fraction of sp³-hybridized carbons (Fsp3) is 0.650. The van der Waals surface area contributed by atoms with Gasteiger partial charge in [0.05, 0.1) is 23.9 Å². The fourth-order valence-electron chi connectivity index (χ4n) is 4.27. The molecule has 0 radical (unpaired) electrons. The van der Waals surface area contributed by atoms with Crippen LogP contribution in [0, 0.1) is 6.92 Å². The van der Waals surface area contributed by atoms with Crippen molar-refractivity contribution < 1.29 is 29.1 Å². The van der Waals surface area contributed by atoms with Crippen LogP contribution < -0.4 is 5.32 Å². The second-order valence-corrected chi connectivity index (χ2v) is 8.52. The second-order valence-electron chi connectivity index (χ2n) is 8.52. The number of aliphatic hydroxyl groups is 1. The monoisotopic (exact) mass is 450 g/mol. The first-order valence-corrected chi connectivity index (χ1v) is 10.5. The molecule has 1 amide bonds. The highest BCUT2D eigenvalue weighted by Gasteiger charge is 2.49. The van der Waals surface area contributed by atoms with Crippen LogP contribution in [0.2, 0.25) is 0 Å². The van der Waals surface area contributed by atoms with Crippen molar-refractivity contribution >= 4 is 12.4 Å². The largest absolute Gasteiger partial charge is 0.483 e. The zero-order valence-electron chi connectivity index (χ0n) is 18.3. The molecule has 32 heavy (non-hydrogen) atoms. The third-order valence-corrected chi connectivity index (χ3v) is 6.06. The predicted octanol–water partition coefficient (Wildman–Crippen LogP) is 0.0798. The Bertz CT molecular complexity index is 875. The number of likely N-dealkylation sites (tertiary alicyclic amines) is 1. The number of ether oxygens (including phenoxy) is 1. The van der Waals surface area contributed by atoms with E-state index in [4.69, 9.17) is 19.2 Å². The van der Waals surface area contributed by atoms with Gasteiger partial charge >= 0.3 is 0 Å². The molecule has 12 nitrogen and oxygen atoms in total. The normalized spacial score (nSPS) is 25.0. The van der Waals surface area contributed by atoms with Crippen LogP contribution in [-0.2, 0) is 16.1 Å². The van der Waals surface area contributed by atoms with Crippen molar-refractivity contribution in [3.05, 3.63) is 30.2 Å². The van der Waals surface area contributed by atoms with Gasteiger partial charge in [-0.15, -0.1) is 10.2 Å². The van der Waals surface area contributed by atoms with E-state index >= 15 is 0 Å². The number of carboxylic acid groups (broad SMARTS) is 1. The Kier molecular flexibility index (Phi) is 7.59. The summed E-state index contributed by atoms with van der Waals surface area (Å²) in [5.41, 5.74) is -1.19. The van der Waals surface area contributed by atoms with Gasteiger partial charge in [0.1, 0.15) is 18.4 Å². The smallest absolute Gasteiger partial charge is 0.290 e. The summed E-state index contributed by atoms with van der Waals surface area (Å²) >= 11 is 0. The summed E-state index contributed by atoms with van der Waals surface area (Å²) in [5.74, 6) is 0.201. The molecule has 0 saturated carbocycles. The third kappa shape index (κ3) is 5.90. The molecule has 0 aliphatic carbocycles. The number of hydrogen-bond donors (Lipinski definition) is 3. The van der Waals surface area contributed by atoms with Crippen molar-refractivity contribution in [2.75, 3.05) is 26.2 Å². The van der Waals surface area contributed by atoms with Gasteiger partial charge < -0.3 is 34.3 Å². The molecule has 176 valence electrons. The molecule has 4 heterocycles. The van der Waals surface area contributed by atoms with Gasteiger partial charge in [-0.3, -0.25) is 9.59 Å². The molecule has 2 aromatic heterocycles. The Hall–Kier alpha value is -2.83. The first-order valence-electron chi connectivity index (χ1n) is 10.5. The van der Waals surface area contributed by atoms with E-state index in [2.05, 4.69) is 25.6 Å². The van der Waals surface area contributed by atoms with Crippen LogP contribution in [0.15, 0.2) is 23.2 Å². The van der Waals surface area contributed by atoms with E-state index in [1.54, 1.807) is 32.6 Å².